The van der Waals surface area contributed by atoms with Crippen LogP contribution in [0.15, 0.2) is 20.4 Å². The molecule has 1 aliphatic carbocycles. The van der Waals surface area contributed by atoms with E-state index in [4.69, 9.17) is 9.51 Å². The highest BCUT2D eigenvalue weighted by atomic mass is 32.2. The second kappa shape index (κ2) is 8.24. The zero-order valence-corrected chi connectivity index (χ0v) is 19.9. The Morgan fingerprint density at radius 2 is 1.82 bits per heavy atom. The maximum absolute atomic E-state index is 13.0. The number of nitrogens with zero attached hydrogens (tertiary/aromatic N) is 6. The Kier molecular flexibility index (Phi) is 5.52. The molecule has 1 saturated heterocycles. The number of aromatic nitrogens is 5. The van der Waals surface area contributed by atoms with Crippen molar-refractivity contribution in [1.82, 2.24) is 28.6 Å². The first-order chi connectivity index (χ1) is 15.8. The van der Waals surface area contributed by atoms with Gasteiger partial charge in [-0.3, -0.25) is 9.13 Å². The third-order valence-electron chi connectivity index (χ3n) is 6.88. The molecule has 11 nitrogen and oxygen atoms in total. The standard InChI is InChI=1S/C21H29N7O4S/c1-13-18(14(2)32-25-13)33(30,31)27-10-8-15(9-11-27)23-20-22-12-17-19(24-20)28(21(29)26(17)3)16-6-4-5-7-16/h12,15-16H,4-11H2,1-3H3,(H,22,23,24). The summed E-state index contributed by atoms with van der Waals surface area (Å²) in [7, 11) is -1.89. The molecular formula is C21H29N7O4S. The van der Waals surface area contributed by atoms with Gasteiger partial charge in [-0.1, -0.05) is 18.0 Å². The molecule has 1 aliphatic heterocycles. The number of imidazole rings is 1. The lowest BCUT2D eigenvalue weighted by Gasteiger charge is -2.31. The minimum Gasteiger partial charge on any atom is -0.360 e. The van der Waals surface area contributed by atoms with Crippen LogP contribution in [0.25, 0.3) is 11.2 Å². The van der Waals surface area contributed by atoms with Crippen molar-refractivity contribution in [2.45, 2.75) is 69.4 Å². The number of fused-ring (bicyclic) bond motifs is 1. The third kappa shape index (κ3) is 3.74. The van der Waals surface area contributed by atoms with Crippen LogP contribution in [0.2, 0.25) is 0 Å². The van der Waals surface area contributed by atoms with Gasteiger partial charge in [-0.25, -0.2) is 18.2 Å². The van der Waals surface area contributed by atoms with E-state index in [0.29, 0.717) is 49.0 Å². The van der Waals surface area contributed by atoms with Crippen molar-refractivity contribution in [2.24, 2.45) is 7.05 Å². The Labute approximate surface area is 191 Å². The lowest BCUT2D eigenvalue weighted by Crippen LogP contribution is -2.42. The minimum absolute atomic E-state index is 0.0360. The van der Waals surface area contributed by atoms with E-state index in [9.17, 15) is 13.2 Å². The number of hydrogen-bond acceptors (Lipinski definition) is 8. The fraction of sp³-hybridized carbons (Fsp3) is 0.619. The fourth-order valence-corrected chi connectivity index (χ4v) is 6.85. The van der Waals surface area contributed by atoms with Gasteiger partial charge < -0.3 is 9.84 Å². The normalized spacial score (nSPS) is 19.0. The summed E-state index contributed by atoms with van der Waals surface area (Å²) >= 11 is 0. The second-order valence-electron chi connectivity index (χ2n) is 9.03. The summed E-state index contributed by atoms with van der Waals surface area (Å²) in [4.78, 5) is 22.1. The monoisotopic (exact) mass is 475 g/mol. The highest BCUT2D eigenvalue weighted by Gasteiger charge is 2.34. The Morgan fingerprint density at radius 3 is 2.45 bits per heavy atom. The minimum atomic E-state index is -3.65. The Bertz CT molecular complexity index is 1320. The average Bonchev–Trinajstić information content (AvgIpc) is 3.49. The van der Waals surface area contributed by atoms with Crippen molar-refractivity contribution in [3.8, 4) is 0 Å². The Morgan fingerprint density at radius 1 is 1.12 bits per heavy atom. The van der Waals surface area contributed by atoms with Crippen molar-refractivity contribution in [2.75, 3.05) is 18.4 Å². The molecule has 2 fully saturated rings. The van der Waals surface area contributed by atoms with E-state index in [1.165, 1.54) is 4.31 Å². The van der Waals surface area contributed by atoms with E-state index in [0.717, 1.165) is 31.2 Å². The molecule has 0 aromatic carbocycles. The van der Waals surface area contributed by atoms with Crippen molar-refractivity contribution in [3.05, 3.63) is 28.1 Å². The maximum Gasteiger partial charge on any atom is 0.330 e. The van der Waals surface area contributed by atoms with Crippen molar-refractivity contribution in [3.63, 3.8) is 0 Å². The van der Waals surface area contributed by atoms with Crippen molar-refractivity contribution in [1.29, 1.82) is 0 Å². The van der Waals surface area contributed by atoms with E-state index < -0.39 is 10.0 Å². The molecule has 1 N–H and O–H groups in total. The first-order valence-electron chi connectivity index (χ1n) is 11.4. The highest BCUT2D eigenvalue weighted by Crippen LogP contribution is 2.31. The zero-order chi connectivity index (χ0) is 23.3. The Balaban J connectivity index is 1.32. The molecule has 0 amide bonds. The van der Waals surface area contributed by atoms with E-state index in [1.54, 1.807) is 31.7 Å². The summed E-state index contributed by atoms with van der Waals surface area (Å²) in [6, 6.07) is 0.218. The molecule has 12 heteroatoms. The maximum atomic E-state index is 13.0. The molecule has 5 rings (SSSR count). The van der Waals surface area contributed by atoms with Gasteiger partial charge in [0.2, 0.25) is 16.0 Å². The van der Waals surface area contributed by atoms with Crippen LogP contribution >= 0.6 is 0 Å². The topological polar surface area (TPSA) is 128 Å². The highest BCUT2D eigenvalue weighted by molar-refractivity contribution is 7.89. The van der Waals surface area contributed by atoms with Crippen LogP contribution in [-0.2, 0) is 17.1 Å². The van der Waals surface area contributed by atoms with Gasteiger partial charge in [0.25, 0.3) is 0 Å². The van der Waals surface area contributed by atoms with Crippen molar-refractivity contribution >= 4 is 27.1 Å². The predicted molar refractivity (Wildman–Crippen MR) is 122 cm³/mol. The van der Waals surface area contributed by atoms with Gasteiger partial charge in [0.1, 0.15) is 16.1 Å². The first-order valence-corrected chi connectivity index (χ1v) is 12.8. The van der Waals surface area contributed by atoms with Crippen LogP contribution in [0, 0.1) is 13.8 Å². The van der Waals surface area contributed by atoms with Crippen LogP contribution < -0.4 is 11.0 Å². The first kappa shape index (κ1) is 22.1. The van der Waals surface area contributed by atoms with Crippen LogP contribution in [0.1, 0.15) is 56.0 Å². The third-order valence-corrected chi connectivity index (χ3v) is 9.02. The van der Waals surface area contributed by atoms with Gasteiger partial charge >= 0.3 is 5.69 Å². The van der Waals surface area contributed by atoms with Gasteiger partial charge in [0.15, 0.2) is 11.4 Å². The molecule has 0 atom stereocenters. The number of aryl methyl sites for hydroxylation is 3. The SMILES string of the molecule is Cc1noc(C)c1S(=O)(=O)N1CCC(Nc2ncc3c(n2)n(C2CCCC2)c(=O)n3C)CC1. The zero-order valence-electron chi connectivity index (χ0n) is 19.1. The van der Waals surface area contributed by atoms with Crippen LogP contribution in [0.4, 0.5) is 5.95 Å². The number of anilines is 1. The molecule has 4 heterocycles. The molecule has 2 aliphatic rings. The molecule has 0 unspecified atom stereocenters. The molecule has 33 heavy (non-hydrogen) atoms. The van der Waals surface area contributed by atoms with Crippen molar-refractivity contribution < 1.29 is 12.9 Å². The van der Waals surface area contributed by atoms with Gasteiger partial charge in [0, 0.05) is 32.2 Å². The van der Waals surface area contributed by atoms with Crippen LogP contribution in [0.3, 0.4) is 0 Å². The Hall–Kier alpha value is -2.73. The lowest BCUT2D eigenvalue weighted by atomic mass is 10.1. The van der Waals surface area contributed by atoms with Gasteiger partial charge in [-0.05, 0) is 39.5 Å². The molecule has 3 aromatic heterocycles. The molecule has 3 aromatic rings. The lowest BCUT2D eigenvalue weighted by molar-refractivity contribution is 0.328. The number of piperidine rings is 1. The molecule has 0 radical (unpaired) electrons. The molecule has 178 valence electrons. The van der Waals surface area contributed by atoms with E-state index >= 15 is 0 Å². The summed E-state index contributed by atoms with van der Waals surface area (Å²) < 4.78 is 36.0. The van der Waals surface area contributed by atoms with E-state index in [2.05, 4.69) is 15.5 Å². The van der Waals surface area contributed by atoms with Gasteiger partial charge in [-0.2, -0.15) is 9.29 Å². The molecule has 0 spiro atoms. The second-order valence-corrected chi connectivity index (χ2v) is 10.9. The van der Waals surface area contributed by atoms with Crippen LogP contribution in [0.5, 0.6) is 0 Å². The van der Waals surface area contributed by atoms with Gasteiger partial charge in [0.05, 0.1) is 6.20 Å². The molecule has 1 saturated carbocycles. The number of nitrogens with one attached hydrogen (secondary N) is 1. The predicted octanol–water partition coefficient (Wildman–Crippen LogP) is 2.12. The summed E-state index contributed by atoms with van der Waals surface area (Å²) in [6.07, 6.45) is 7.16. The van der Waals surface area contributed by atoms with Gasteiger partial charge in [-0.15, -0.1) is 0 Å². The number of hydrogen-bond donors (Lipinski definition) is 1. The number of sulfonamides is 1. The van der Waals surface area contributed by atoms with E-state index in [-0.39, 0.29) is 22.7 Å². The molecule has 0 bridgehead atoms. The average molecular weight is 476 g/mol. The smallest absolute Gasteiger partial charge is 0.330 e. The summed E-state index contributed by atoms with van der Waals surface area (Å²) in [5.74, 6) is 0.775. The van der Waals surface area contributed by atoms with Crippen LogP contribution in [-0.4, -0.2) is 56.1 Å². The largest absolute Gasteiger partial charge is 0.360 e. The number of rotatable bonds is 5. The molecular weight excluding hydrogens is 446 g/mol. The quantitative estimate of drug-likeness (QED) is 0.594. The summed E-state index contributed by atoms with van der Waals surface area (Å²) in [6.45, 7) is 4.01. The summed E-state index contributed by atoms with van der Waals surface area (Å²) in [5, 5.41) is 7.13. The summed E-state index contributed by atoms with van der Waals surface area (Å²) in [5.41, 5.74) is 1.70. The fourth-order valence-electron chi connectivity index (χ4n) is 5.09. The van der Waals surface area contributed by atoms with E-state index in [1.807, 2.05) is 4.57 Å².